The van der Waals surface area contributed by atoms with Crippen LogP contribution in [-0.4, -0.2) is 49.1 Å². The van der Waals surface area contributed by atoms with Gasteiger partial charge in [0.1, 0.15) is 0 Å². The first kappa shape index (κ1) is 12.9. The second kappa shape index (κ2) is 5.81. The third-order valence-corrected chi connectivity index (χ3v) is 2.84. The molecule has 1 aliphatic rings. The van der Waals surface area contributed by atoms with Crippen molar-refractivity contribution in [3.63, 3.8) is 0 Å². The molecular weight excluding hydrogens is 208 g/mol. The van der Waals surface area contributed by atoms with Crippen LogP contribution >= 0.6 is 0 Å². The van der Waals surface area contributed by atoms with Gasteiger partial charge in [0, 0.05) is 6.04 Å². The van der Waals surface area contributed by atoms with Crippen LogP contribution in [0.4, 0.5) is 4.79 Å². The molecular formula is C10H20N4O2. The summed E-state index contributed by atoms with van der Waals surface area (Å²) in [7, 11) is 2.08. The van der Waals surface area contributed by atoms with Crippen molar-refractivity contribution in [2.24, 2.45) is 5.73 Å². The standard InChI is InChI=1S/C10H20N4O2/c1-7(9(15)13-10(11)16)12-8-3-5-14(2)6-4-8/h7-8,12H,3-6H2,1-2H3,(H3,11,13,15,16). The zero-order chi connectivity index (χ0) is 12.1. The Balaban J connectivity index is 2.30. The molecule has 1 unspecified atom stereocenters. The SMILES string of the molecule is CC(NC1CCN(C)CC1)C(=O)NC(N)=O. The van der Waals surface area contributed by atoms with E-state index in [1.165, 1.54) is 0 Å². The highest BCUT2D eigenvalue weighted by atomic mass is 16.2. The largest absolute Gasteiger partial charge is 0.351 e. The number of nitrogens with one attached hydrogen (secondary N) is 2. The molecule has 1 rings (SSSR count). The summed E-state index contributed by atoms with van der Waals surface area (Å²) in [5.74, 6) is -0.369. The van der Waals surface area contributed by atoms with E-state index in [9.17, 15) is 9.59 Å². The summed E-state index contributed by atoms with van der Waals surface area (Å²) in [6.07, 6.45) is 2.04. The van der Waals surface area contributed by atoms with Crippen molar-refractivity contribution in [2.45, 2.75) is 31.8 Å². The molecule has 0 aromatic rings. The Kier molecular flexibility index (Phi) is 4.70. The number of nitrogens with zero attached hydrogens (tertiary/aromatic N) is 1. The van der Waals surface area contributed by atoms with Gasteiger partial charge in [-0.15, -0.1) is 0 Å². The topological polar surface area (TPSA) is 87.5 Å². The van der Waals surface area contributed by atoms with Gasteiger partial charge in [-0.05, 0) is 39.9 Å². The first-order chi connectivity index (χ1) is 7.49. The maximum atomic E-state index is 11.4. The van der Waals surface area contributed by atoms with Crippen LogP contribution < -0.4 is 16.4 Å². The second-order valence-corrected chi connectivity index (χ2v) is 4.32. The van der Waals surface area contributed by atoms with Crippen LogP contribution in [0.1, 0.15) is 19.8 Å². The van der Waals surface area contributed by atoms with E-state index in [2.05, 4.69) is 22.6 Å². The monoisotopic (exact) mass is 228 g/mol. The van der Waals surface area contributed by atoms with Gasteiger partial charge >= 0.3 is 6.03 Å². The maximum absolute atomic E-state index is 11.4. The molecule has 4 N–H and O–H groups in total. The molecule has 0 bridgehead atoms. The van der Waals surface area contributed by atoms with Crippen molar-refractivity contribution >= 4 is 11.9 Å². The van der Waals surface area contributed by atoms with Crippen LogP contribution in [0, 0.1) is 0 Å². The van der Waals surface area contributed by atoms with Crippen LogP contribution in [0.2, 0.25) is 0 Å². The first-order valence-electron chi connectivity index (χ1n) is 5.54. The fraction of sp³-hybridized carbons (Fsp3) is 0.800. The molecule has 3 amide bonds. The molecule has 1 heterocycles. The Morgan fingerprint density at radius 1 is 1.38 bits per heavy atom. The van der Waals surface area contributed by atoms with E-state index in [-0.39, 0.29) is 11.9 Å². The van der Waals surface area contributed by atoms with Crippen molar-refractivity contribution in [1.82, 2.24) is 15.5 Å². The lowest BCUT2D eigenvalue weighted by Gasteiger charge is -2.31. The minimum Gasteiger partial charge on any atom is -0.351 e. The molecule has 1 aliphatic heterocycles. The van der Waals surface area contributed by atoms with Crippen LogP contribution in [-0.2, 0) is 4.79 Å². The number of piperidine rings is 1. The van der Waals surface area contributed by atoms with Crippen molar-refractivity contribution in [3.8, 4) is 0 Å². The van der Waals surface area contributed by atoms with E-state index in [1.807, 2.05) is 0 Å². The average molecular weight is 228 g/mol. The lowest BCUT2D eigenvalue weighted by Crippen LogP contribution is -2.51. The summed E-state index contributed by atoms with van der Waals surface area (Å²) >= 11 is 0. The minimum absolute atomic E-state index is 0.338. The molecule has 0 radical (unpaired) electrons. The summed E-state index contributed by atoms with van der Waals surface area (Å²) in [5, 5.41) is 5.27. The molecule has 92 valence electrons. The quantitative estimate of drug-likeness (QED) is 0.593. The van der Waals surface area contributed by atoms with E-state index in [0.29, 0.717) is 6.04 Å². The van der Waals surface area contributed by atoms with E-state index in [4.69, 9.17) is 5.73 Å². The zero-order valence-corrected chi connectivity index (χ0v) is 9.82. The highest BCUT2D eigenvalue weighted by Crippen LogP contribution is 2.08. The van der Waals surface area contributed by atoms with Crippen LogP contribution in [0.3, 0.4) is 0 Å². The fourth-order valence-electron chi connectivity index (χ4n) is 1.83. The molecule has 1 fully saturated rings. The van der Waals surface area contributed by atoms with E-state index in [1.54, 1.807) is 6.92 Å². The summed E-state index contributed by atoms with van der Waals surface area (Å²) in [6, 6.07) is -0.854. The number of rotatable bonds is 3. The lowest BCUT2D eigenvalue weighted by atomic mass is 10.0. The highest BCUT2D eigenvalue weighted by Gasteiger charge is 2.21. The van der Waals surface area contributed by atoms with Gasteiger partial charge in [-0.25, -0.2) is 4.79 Å². The van der Waals surface area contributed by atoms with E-state index >= 15 is 0 Å². The molecule has 1 atom stereocenters. The molecule has 6 nitrogen and oxygen atoms in total. The third kappa shape index (κ3) is 4.16. The number of likely N-dealkylation sites (tertiary alicyclic amines) is 1. The molecule has 0 spiro atoms. The van der Waals surface area contributed by atoms with Gasteiger partial charge in [-0.3, -0.25) is 10.1 Å². The Bertz CT molecular complexity index is 262. The molecule has 1 saturated heterocycles. The van der Waals surface area contributed by atoms with Gasteiger partial charge in [0.05, 0.1) is 6.04 Å². The number of primary amides is 1. The number of imide groups is 1. The highest BCUT2D eigenvalue weighted by molar-refractivity contribution is 5.96. The van der Waals surface area contributed by atoms with Gasteiger partial charge in [-0.1, -0.05) is 0 Å². The second-order valence-electron chi connectivity index (χ2n) is 4.32. The van der Waals surface area contributed by atoms with Gasteiger partial charge in [0.25, 0.3) is 0 Å². The summed E-state index contributed by atoms with van der Waals surface area (Å²) in [6.45, 7) is 3.79. The third-order valence-electron chi connectivity index (χ3n) is 2.84. The van der Waals surface area contributed by atoms with Crippen LogP contribution in [0.5, 0.6) is 0 Å². The van der Waals surface area contributed by atoms with E-state index in [0.717, 1.165) is 25.9 Å². The zero-order valence-electron chi connectivity index (χ0n) is 9.82. The van der Waals surface area contributed by atoms with Gasteiger partial charge < -0.3 is 16.0 Å². The number of hydrogen-bond donors (Lipinski definition) is 3. The van der Waals surface area contributed by atoms with E-state index < -0.39 is 6.03 Å². The molecule has 0 saturated carbocycles. The average Bonchev–Trinajstić information content (AvgIpc) is 2.20. The Labute approximate surface area is 95.5 Å². The number of nitrogens with two attached hydrogens (primary N) is 1. The van der Waals surface area contributed by atoms with Crippen LogP contribution in [0.15, 0.2) is 0 Å². The molecule has 0 aromatic carbocycles. The minimum atomic E-state index is -0.804. The Hall–Kier alpha value is -1.14. The Morgan fingerprint density at radius 3 is 2.44 bits per heavy atom. The maximum Gasteiger partial charge on any atom is 0.318 e. The number of carbonyl (C=O) groups excluding carboxylic acids is 2. The predicted molar refractivity (Wildman–Crippen MR) is 60.8 cm³/mol. The summed E-state index contributed by atoms with van der Waals surface area (Å²) < 4.78 is 0. The molecule has 0 aromatic heterocycles. The summed E-state index contributed by atoms with van der Waals surface area (Å²) in [4.78, 5) is 24.2. The van der Waals surface area contributed by atoms with Crippen molar-refractivity contribution in [1.29, 1.82) is 0 Å². The van der Waals surface area contributed by atoms with Crippen molar-refractivity contribution in [3.05, 3.63) is 0 Å². The number of urea groups is 1. The van der Waals surface area contributed by atoms with Gasteiger partial charge in [0.15, 0.2) is 0 Å². The van der Waals surface area contributed by atoms with Gasteiger partial charge in [-0.2, -0.15) is 0 Å². The predicted octanol–water partition coefficient (Wildman–Crippen LogP) is -0.746. The Morgan fingerprint density at radius 2 is 1.94 bits per heavy atom. The van der Waals surface area contributed by atoms with Crippen LogP contribution in [0.25, 0.3) is 0 Å². The van der Waals surface area contributed by atoms with Gasteiger partial charge in [0.2, 0.25) is 5.91 Å². The van der Waals surface area contributed by atoms with Crippen molar-refractivity contribution < 1.29 is 9.59 Å². The fourth-order valence-corrected chi connectivity index (χ4v) is 1.83. The number of amides is 3. The lowest BCUT2D eigenvalue weighted by molar-refractivity contribution is -0.121. The molecule has 6 heteroatoms. The summed E-state index contributed by atoms with van der Waals surface area (Å²) in [5.41, 5.74) is 4.88. The smallest absolute Gasteiger partial charge is 0.318 e. The van der Waals surface area contributed by atoms with Crippen molar-refractivity contribution in [2.75, 3.05) is 20.1 Å². The first-order valence-corrected chi connectivity index (χ1v) is 5.54. The molecule has 0 aliphatic carbocycles. The number of hydrogen-bond acceptors (Lipinski definition) is 4. The molecule has 16 heavy (non-hydrogen) atoms. The number of carbonyl (C=O) groups is 2. The normalized spacial score (nSPS) is 20.4.